The van der Waals surface area contributed by atoms with Crippen molar-refractivity contribution in [3.8, 4) is 5.75 Å². The molecule has 0 bridgehead atoms. The van der Waals surface area contributed by atoms with Crippen LogP contribution in [0.3, 0.4) is 0 Å². The first-order valence-corrected chi connectivity index (χ1v) is 3.64. The largest absolute Gasteiger partial charge is 0.496 e. The molecule has 0 aliphatic carbocycles. The maximum absolute atomic E-state index is 5.15. The number of para-hydroxylation sites is 1. The molecular formula is C10H12O. The molecular weight excluding hydrogens is 136 g/mol. The van der Waals surface area contributed by atoms with Crippen molar-refractivity contribution in [2.45, 2.75) is 6.92 Å². The molecule has 0 spiro atoms. The molecule has 11 heavy (non-hydrogen) atoms. The topological polar surface area (TPSA) is 9.23 Å². The van der Waals surface area contributed by atoms with Gasteiger partial charge in [0.25, 0.3) is 0 Å². The fourth-order valence-corrected chi connectivity index (χ4v) is 0.984. The zero-order valence-electron chi connectivity index (χ0n) is 6.87. The third-order valence-corrected chi connectivity index (χ3v) is 1.49. The Bertz CT molecular complexity index is 251. The highest BCUT2D eigenvalue weighted by Gasteiger charge is 1.94. The van der Waals surface area contributed by atoms with Crippen LogP contribution in [0.1, 0.15) is 12.5 Å². The van der Waals surface area contributed by atoms with Crippen LogP contribution < -0.4 is 4.74 Å². The summed E-state index contributed by atoms with van der Waals surface area (Å²) < 4.78 is 5.15. The third kappa shape index (κ3) is 1.84. The molecule has 1 rings (SSSR count). The summed E-state index contributed by atoms with van der Waals surface area (Å²) in [5, 5.41) is 0. The van der Waals surface area contributed by atoms with E-state index in [4.69, 9.17) is 4.74 Å². The van der Waals surface area contributed by atoms with Crippen LogP contribution in [0.15, 0.2) is 30.3 Å². The molecule has 0 unspecified atom stereocenters. The number of ether oxygens (including phenoxy) is 1. The molecule has 0 saturated heterocycles. The van der Waals surface area contributed by atoms with Gasteiger partial charge in [-0.3, -0.25) is 0 Å². The Morgan fingerprint density at radius 2 is 2.00 bits per heavy atom. The van der Waals surface area contributed by atoms with E-state index >= 15 is 0 Å². The SMILES string of the molecule is C/C=C/c1ccccc1OC. The monoisotopic (exact) mass is 148 g/mol. The van der Waals surface area contributed by atoms with Gasteiger partial charge in [-0.25, -0.2) is 0 Å². The Labute approximate surface area is 67.3 Å². The quantitative estimate of drug-likeness (QED) is 0.626. The van der Waals surface area contributed by atoms with Crippen molar-refractivity contribution >= 4 is 6.08 Å². The smallest absolute Gasteiger partial charge is 0.126 e. The summed E-state index contributed by atoms with van der Waals surface area (Å²) in [7, 11) is 1.68. The van der Waals surface area contributed by atoms with E-state index in [1.165, 1.54) is 0 Å². The van der Waals surface area contributed by atoms with Gasteiger partial charge in [-0.1, -0.05) is 30.4 Å². The fourth-order valence-electron chi connectivity index (χ4n) is 0.984. The van der Waals surface area contributed by atoms with Crippen LogP contribution in [0.25, 0.3) is 6.08 Å². The Morgan fingerprint density at radius 1 is 1.27 bits per heavy atom. The van der Waals surface area contributed by atoms with Crippen LogP contribution in [-0.2, 0) is 0 Å². The van der Waals surface area contributed by atoms with Crippen molar-refractivity contribution in [1.29, 1.82) is 0 Å². The molecule has 0 radical (unpaired) electrons. The van der Waals surface area contributed by atoms with E-state index in [0.29, 0.717) is 0 Å². The lowest BCUT2D eigenvalue weighted by Crippen LogP contribution is -1.84. The first-order chi connectivity index (χ1) is 5.38. The Balaban J connectivity index is 3.02. The normalized spacial score (nSPS) is 10.4. The predicted molar refractivity (Wildman–Crippen MR) is 47.7 cm³/mol. The summed E-state index contributed by atoms with van der Waals surface area (Å²) in [6.07, 6.45) is 4.02. The highest BCUT2D eigenvalue weighted by molar-refractivity contribution is 5.56. The third-order valence-electron chi connectivity index (χ3n) is 1.49. The second-order valence-corrected chi connectivity index (χ2v) is 2.24. The molecule has 1 aromatic rings. The van der Waals surface area contributed by atoms with Crippen LogP contribution in [0.5, 0.6) is 5.75 Å². The summed E-state index contributed by atoms with van der Waals surface area (Å²) in [6, 6.07) is 7.94. The van der Waals surface area contributed by atoms with Crippen molar-refractivity contribution in [3.63, 3.8) is 0 Å². The summed E-state index contributed by atoms with van der Waals surface area (Å²) in [5.74, 6) is 0.922. The minimum atomic E-state index is 0.922. The van der Waals surface area contributed by atoms with E-state index in [9.17, 15) is 0 Å². The fraction of sp³-hybridized carbons (Fsp3) is 0.200. The van der Waals surface area contributed by atoms with E-state index in [0.717, 1.165) is 11.3 Å². The van der Waals surface area contributed by atoms with E-state index in [1.807, 2.05) is 43.3 Å². The molecule has 1 nitrogen and oxygen atoms in total. The summed E-state index contributed by atoms with van der Waals surface area (Å²) in [5.41, 5.74) is 1.12. The van der Waals surface area contributed by atoms with Crippen LogP contribution >= 0.6 is 0 Å². The highest BCUT2D eigenvalue weighted by Crippen LogP contribution is 2.18. The van der Waals surface area contributed by atoms with Gasteiger partial charge in [0.15, 0.2) is 0 Å². The summed E-state index contributed by atoms with van der Waals surface area (Å²) in [4.78, 5) is 0. The van der Waals surface area contributed by atoms with E-state index in [2.05, 4.69) is 0 Å². The van der Waals surface area contributed by atoms with Gasteiger partial charge in [-0.2, -0.15) is 0 Å². The average Bonchev–Trinajstić information content (AvgIpc) is 2.06. The molecule has 0 saturated carbocycles. The number of methoxy groups -OCH3 is 1. The molecule has 58 valence electrons. The van der Waals surface area contributed by atoms with Crippen molar-refractivity contribution in [2.24, 2.45) is 0 Å². The maximum atomic E-state index is 5.15. The lowest BCUT2D eigenvalue weighted by atomic mass is 10.2. The van der Waals surface area contributed by atoms with Crippen LogP contribution in [0.2, 0.25) is 0 Å². The summed E-state index contributed by atoms with van der Waals surface area (Å²) in [6.45, 7) is 1.99. The number of hydrogen-bond acceptors (Lipinski definition) is 1. The lowest BCUT2D eigenvalue weighted by molar-refractivity contribution is 0.414. The van der Waals surface area contributed by atoms with Crippen LogP contribution in [-0.4, -0.2) is 7.11 Å². The summed E-state index contributed by atoms with van der Waals surface area (Å²) >= 11 is 0. The van der Waals surface area contributed by atoms with Crippen molar-refractivity contribution in [2.75, 3.05) is 7.11 Å². The molecule has 1 heteroatoms. The number of hydrogen-bond donors (Lipinski definition) is 0. The molecule has 0 amide bonds. The van der Waals surface area contributed by atoms with Gasteiger partial charge in [0, 0.05) is 5.56 Å². The molecule has 1 aromatic carbocycles. The van der Waals surface area contributed by atoms with Crippen LogP contribution in [0, 0.1) is 0 Å². The molecule has 0 aliphatic rings. The predicted octanol–water partition coefficient (Wildman–Crippen LogP) is 2.73. The molecule has 0 heterocycles. The zero-order valence-corrected chi connectivity index (χ0v) is 6.87. The van der Waals surface area contributed by atoms with Gasteiger partial charge >= 0.3 is 0 Å². The molecule has 0 atom stereocenters. The van der Waals surface area contributed by atoms with Crippen molar-refractivity contribution in [3.05, 3.63) is 35.9 Å². The van der Waals surface area contributed by atoms with Crippen LogP contribution in [0.4, 0.5) is 0 Å². The van der Waals surface area contributed by atoms with E-state index < -0.39 is 0 Å². The number of benzene rings is 1. The molecule has 0 fully saturated rings. The van der Waals surface area contributed by atoms with Gasteiger partial charge in [-0.05, 0) is 13.0 Å². The Kier molecular flexibility index (Phi) is 2.73. The van der Waals surface area contributed by atoms with Gasteiger partial charge in [0.05, 0.1) is 7.11 Å². The first kappa shape index (κ1) is 7.86. The minimum Gasteiger partial charge on any atom is -0.496 e. The highest BCUT2D eigenvalue weighted by atomic mass is 16.5. The minimum absolute atomic E-state index is 0.922. The standard InChI is InChI=1S/C10H12O/c1-3-6-9-7-4-5-8-10(9)11-2/h3-8H,1-2H3/b6-3+. The van der Waals surface area contributed by atoms with Gasteiger partial charge < -0.3 is 4.74 Å². The number of rotatable bonds is 2. The Hall–Kier alpha value is -1.24. The van der Waals surface area contributed by atoms with Gasteiger partial charge in [-0.15, -0.1) is 0 Å². The van der Waals surface area contributed by atoms with Crippen molar-refractivity contribution in [1.82, 2.24) is 0 Å². The van der Waals surface area contributed by atoms with E-state index in [-0.39, 0.29) is 0 Å². The zero-order chi connectivity index (χ0) is 8.10. The van der Waals surface area contributed by atoms with Gasteiger partial charge in [0.1, 0.15) is 5.75 Å². The number of allylic oxidation sites excluding steroid dienone is 1. The molecule has 0 N–H and O–H groups in total. The van der Waals surface area contributed by atoms with E-state index in [1.54, 1.807) is 7.11 Å². The molecule has 0 aromatic heterocycles. The maximum Gasteiger partial charge on any atom is 0.126 e. The second kappa shape index (κ2) is 3.81. The molecule has 0 aliphatic heterocycles. The average molecular weight is 148 g/mol. The van der Waals surface area contributed by atoms with Gasteiger partial charge in [0.2, 0.25) is 0 Å². The second-order valence-electron chi connectivity index (χ2n) is 2.24. The first-order valence-electron chi connectivity index (χ1n) is 3.64. The van der Waals surface area contributed by atoms with Crippen molar-refractivity contribution < 1.29 is 4.74 Å². The lowest BCUT2D eigenvalue weighted by Gasteiger charge is -2.02. The Morgan fingerprint density at radius 3 is 2.64 bits per heavy atom.